The van der Waals surface area contributed by atoms with Crippen LogP contribution in [-0.2, 0) is 11.2 Å². The fraction of sp³-hybridized carbons (Fsp3) is 0.471. The number of nitrogens with zero attached hydrogens (tertiary/aromatic N) is 3. The second-order valence-electron chi connectivity index (χ2n) is 5.72. The Bertz CT molecular complexity index is 739. The summed E-state index contributed by atoms with van der Waals surface area (Å²) in [7, 11) is 0. The van der Waals surface area contributed by atoms with Gasteiger partial charge in [0.15, 0.2) is 17.3 Å². The Morgan fingerprint density at radius 2 is 2.12 bits per heavy atom. The third-order valence-electron chi connectivity index (χ3n) is 4.34. The van der Waals surface area contributed by atoms with Crippen molar-refractivity contribution in [2.24, 2.45) is 5.11 Å². The van der Waals surface area contributed by atoms with Crippen molar-refractivity contribution in [2.75, 3.05) is 19.2 Å². The molecule has 0 saturated heterocycles. The molecule has 1 heterocycles. The Morgan fingerprint density at radius 3 is 2.92 bits per heavy atom. The second kappa shape index (κ2) is 7.60. The van der Waals surface area contributed by atoms with E-state index in [9.17, 15) is 4.79 Å². The predicted octanol–water partition coefficient (Wildman–Crippen LogP) is 4.40. The van der Waals surface area contributed by atoms with Gasteiger partial charge in [0.1, 0.15) is 0 Å². The summed E-state index contributed by atoms with van der Waals surface area (Å²) < 4.78 is 11.0. The number of Topliss-reactive ketones (excluding diaryl/α,β-unsaturated/α-hetero) is 1. The van der Waals surface area contributed by atoms with Crippen LogP contribution in [0.2, 0.25) is 0 Å². The van der Waals surface area contributed by atoms with E-state index in [1.165, 1.54) is 0 Å². The van der Waals surface area contributed by atoms with Crippen LogP contribution in [0, 0.1) is 0 Å². The summed E-state index contributed by atoms with van der Waals surface area (Å²) in [6.07, 6.45) is 3.41. The Hall–Kier alpha value is -2.17. The van der Waals surface area contributed by atoms with Crippen molar-refractivity contribution in [1.29, 1.82) is 0 Å². The molecular formula is C17H18ClN3O3. The first-order valence-electron chi connectivity index (χ1n) is 8.00. The smallest absolute Gasteiger partial charge is 0.231 e. The van der Waals surface area contributed by atoms with Gasteiger partial charge in [-0.3, -0.25) is 4.79 Å². The Morgan fingerprint density at radius 1 is 1.25 bits per heavy atom. The van der Waals surface area contributed by atoms with E-state index < -0.39 is 0 Å². The fourth-order valence-corrected chi connectivity index (χ4v) is 3.51. The van der Waals surface area contributed by atoms with Gasteiger partial charge in [-0.2, -0.15) is 0 Å². The minimum absolute atomic E-state index is 0.156. The molecule has 1 aromatic carbocycles. The van der Waals surface area contributed by atoms with Gasteiger partial charge in [-0.25, -0.2) is 0 Å². The molecule has 1 aliphatic carbocycles. The van der Waals surface area contributed by atoms with Crippen LogP contribution < -0.4 is 9.47 Å². The number of fused-ring (bicyclic) bond motifs is 1. The molecule has 3 rings (SSSR count). The number of halogens is 1. The Labute approximate surface area is 145 Å². The number of ketones is 1. The molecule has 126 valence electrons. The van der Waals surface area contributed by atoms with Crippen LogP contribution in [0.4, 0.5) is 0 Å². The van der Waals surface area contributed by atoms with Crippen LogP contribution in [0.15, 0.2) is 22.8 Å². The lowest BCUT2D eigenvalue weighted by Gasteiger charge is -2.14. The molecule has 0 unspecified atom stereocenters. The maximum absolute atomic E-state index is 12.5. The molecule has 0 saturated carbocycles. The third kappa shape index (κ3) is 3.21. The Kier molecular flexibility index (Phi) is 5.28. The number of carbonyl (C=O) groups is 1. The van der Waals surface area contributed by atoms with E-state index in [0.717, 1.165) is 41.5 Å². The highest BCUT2D eigenvalue weighted by atomic mass is 35.5. The van der Waals surface area contributed by atoms with Crippen LogP contribution in [0.25, 0.3) is 16.0 Å². The summed E-state index contributed by atoms with van der Waals surface area (Å²) in [4.78, 5) is 15.3. The van der Waals surface area contributed by atoms with Gasteiger partial charge in [0, 0.05) is 34.9 Å². The average Bonchev–Trinajstić information content (AvgIpc) is 3.19. The molecule has 0 aromatic heterocycles. The highest BCUT2D eigenvalue weighted by Crippen LogP contribution is 2.43. The molecule has 0 atom stereocenters. The fourth-order valence-electron chi connectivity index (χ4n) is 3.32. The number of carbonyl (C=O) groups excluding carboxylic acids is 1. The molecule has 0 N–H and O–H groups in total. The van der Waals surface area contributed by atoms with Gasteiger partial charge in [-0.15, -0.1) is 11.6 Å². The van der Waals surface area contributed by atoms with E-state index in [1.54, 1.807) is 0 Å². The van der Waals surface area contributed by atoms with Crippen molar-refractivity contribution in [1.82, 2.24) is 0 Å². The van der Waals surface area contributed by atoms with Gasteiger partial charge >= 0.3 is 0 Å². The molecule has 1 aliphatic heterocycles. The predicted molar refractivity (Wildman–Crippen MR) is 91.4 cm³/mol. The van der Waals surface area contributed by atoms with Crippen molar-refractivity contribution >= 4 is 23.0 Å². The van der Waals surface area contributed by atoms with Crippen LogP contribution >= 0.6 is 11.6 Å². The summed E-state index contributed by atoms with van der Waals surface area (Å²) in [5, 5.41) is 3.56. The number of rotatable bonds is 7. The summed E-state index contributed by atoms with van der Waals surface area (Å²) >= 11 is 5.96. The summed E-state index contributed by atoms with van der Waals surface area (Å²) in [6.45, 7) is 0.636. The molecular weight excluding hydrogens is 330 g/mol. The standard InChI is InChI=1S/C17H18ClN3O3/c18-8-7-13-12(4-6-15-17(13)24-10-23-15)16-11(3-5-14(16)22)2-1-9-20-21-19/h4,6H,1-3,5,7-10H2. The number of allylic oxidation sites excluding steroid dienone is 2. The summed E-state index contributed by atoms with van der Waals surface area (Å²) in [6, 6.07) is 3.78. The molecule has 0 radical (unpaired) electrons. The van der Waals surface area contributed by atoms with Crippen molar-refractivity contribution in [3.63, 3.8) is 0 Å². The van der Waals surface area contributed by atoms with Crippen molar-refractivity contribution in [2.45, 2.75) is 32.1 Å². The molecule has 0 amide bonds. The zero-order valence-electron chi connectivity index (χ0n) is 13.3. The van der Waals surface area contributed by atoms with E-state index in [4.69, 9.17) is 26.6 Å². The third-order valence-corrected chi connectivity index (χ3v) is 4.53. The number of ether oxygens (including phenoxy) is 2. The molecule has 1 aromatic rings. The van der Waals surface area contributed by atoms with Crippen LogP contribution in [0.1, 0.15) is 36.8 Å². The molecule has 0 fully saturated rings. The lowest BCUT2D eigenvalue weighted by atomic mass is 9.92. The summed E-state index contributed by atoms with van der Waals surface area (Å²) in [5.74, 6) is 2.01. The number of benzene rings is 1. The topological polar surface area (TPSA) is 84.3 Å². The van der Waals surface area contributed by atoms with Crippen molar-refractivity contribution < 1.29 is 14.3 Å². The lowest BCUT2D eigenvalue weighted by molar-refractivity contribution is -0.113. The molecule has 24 heavy (non-hydrogen) atoms. The SMILES string of the molecule is [N-]=[N+]=NCCCC1=C(c2ccc3c(c2CCCl)OCO3)C(=O)CC1. The Balaban J connectivity index is 1.98. The second-order valence-corrected chi connectivity index (χ2v) is 6.10. The monoisotopic (exact) mass is 347 g/mol. The van der Waals surface area contributed by atoms with Crippen molar-refractivity contribution in [3.8, 4) is 11.5 Å². The first-order valence-corrected chi connectivity index (χ1v) is 8.53. The van der Waals surface area contributed by atoms with E-state index in [0.29, 0.717) is 36.8 Å². The largest absolute Gasteiger partial charge is 0.454 e. The van der Waals surface area contributed by atoms with Gasteiger partial charge in [0.05, 0.1) is 0 Å². The molecule has 0 spiro atoms. The number of hydrogen-bond donors (Lipinski definition) is 0. The van der Waals surface area contributed by atoms with Crippen LogP contribution in [-0.4, -0.2) is 25.0 Å². The zero-order chi connectivity index (χ0) is 16.9. The number of azide groups is 1. The minimum atomic E-state index is 0.156. The maximum atomic E-state index is 12.5. The van der Waals surface area contributed by atoms with Crippen LogP contribution in [0.5, 0.6) is 11.5 Å². The van der Waals surface area contributed by atoms with E-state index >= 15 is 0 Å². The van der Waals surface area contributed by atoms with E-state index in [2.05, 4.69) is 10.0 Å². The normalized spacial score (nSPS) is 15.8. The van der Waals surface area contributed by atoms with E-state index in [1.807, 2.05) is 12.1 Å². The van der Waals surface area contributed by atoms with Gasteiger partial charge in [0.2, 0.25) is 6.79 Å². The highest BCUT2D eigenvalue weighted by Gasteiger charge is 2.29. The molecule has 0 bridgehead atoms. The van der Waals surface area contributed by atoms with Gasteiger partial charge in [-0.1, -0.05) is 16.8 Å². The van der Waals surface area contributed by atoms with Gasteiger partial charge in [-0.05, 0) is 42.8 Å². The van der Waals surface area contributed by atoms with E-state index in [-0.39, 0.29) is 12.6 Å². The first-order chi connectivity index (χ1) is 11.8. The van der Waals surface area contributed by atoms with Crippen molar-refractivity contribution in [3.05, 3.63) is 39.3 Å². The average molecular weight is 348 g/mol. The lowest BCUT2D eigenvalue weighted by Crippen LogP contribution is -2.03. The highest BCUT2D eigenvalue weighted by molar-refractivity contribution is 6.24. The summed E-state index contributed by atoms with van der Waals surface area (Å²) in [5.41, 5.74) is 12.1. The molecule has 2 aliphatic rings. The number of hydrogen-bond acceptors (Lipinski definition) is 4. The van der Waals surface area contributed by atoms with Crippen LogP contribution in [0.3, 0.4) is 0 Å². The first kappa shape index (κ1) is 16.7. The minimum Gasteiger partial charge on any atom is -0.454 e. The number of alkyl halides is 1. The molecule has 6 nitrogen and oxygen atoms in total. The molecule has 7 heteroatoms. The maximum Gasteiger partial charge on any atom is 0.231 e. The quantitative estimate of drug-likeness (QED) is 0.241. The van der Waals surface area contributed by atoms with Gasteiger partial charge < -0.3 is 9.47 Å². The van der Waals surface area contributed by atoms with Gasteiger partial charge in [0.25, 0.3) is 0 Å². The zero-order valence-corrected chi connectivity index (χ0v) is 14.0.